The van der Waals surface area contributed by atoms with Gasteiger partial charge in [0.1, 0.15) is 6.04 Å². The molecule has 2 aromatic rings. The monoisotopic (exact) mass is 319 g/mol. The molecule has 0 bridgehead atoms. The van der Waals surface area contributed by atoms with Crippen molar-refractivity contribution in [1.29, 1.82) is 0 Å². The number of aliphatic hydroxyl groups excluding tert-OH is 1. The van der Waals surface area contributed by atoms with E-state index in [0.29, 0.717) is 5.56 Å². The molecule has 6 nitrogen and oxygen atoms in total. The fraction of sp³-hybridized carbons (Fsp3) is 0.294. The topological polar surface area (TPSA) is 121 Å². The molecule has 5 N–H and O–H groups in total. The molecule has 0 aliphatic heterocycles. The van der Waals surface area contributed by atoms with Gasteiger partial charge in [-0.1, -0.05) is 50.2 Å². The van der Waals surface area contributed by atoms with Crippen molar-refractivity contribution in [1.82, 2.24) is 0 Å². The van der Waals surface area contributed by atoms with Crippen molar-refractivity contribution >= 4 is 22.7 Å². The van der Waals surface area contributed by atoms with Gasteiger partial charge in [0.15, 0.2) is 0 Å². The molecular weight excluding hydrogens is 298 g/mol. The van der Waals surface area contributed by atoms with Crippen LogP contribution in [-0.2, 0) is 4.79 Å². The van der Waals surface area contributed by atoms with E-state index in [9.17, 15) is 9.59 Å². The van der Waals surface area contributed by atoms with Crippen molar-refractivity contribution in [3.8, 4) is 0 Å². The molecule has 124 valence electrons. The van der Waals surface area contributed by atoms with E-state index in [2.05, 4.69) is 0 Å². The molecule has 0 amide bonds. The van der Waals surface area contributed by atoms with E-state index in [1.807, 2.05) is 30.3 Å². The highest BCUT2D eigenvalue weighted by Crippen LogP contribution is 2.18. The van der Waals surface area contributed by atoms with Crippen LogP contribution < -0.4 is 5.73 Å². The molecule has 0 heterocycles. The Kier molecular flexibility index (Phi) is 6.24. The van der Waals surface area contributed by atoms with E-state index >= 15 is 0 Å². The summed E-state index contributed by atoms with van der Waals surface area (Å²) in [4.78, 5) is 21.1. The van der Waals surface area contributed by atoms with Crippen LogP contribution in [-0.4, -0.2) is 39.9 Å². The molecule has 2 aromatic carbocycles. The van der Waals surface area contributed by atoms with Crippen LogP contribution in [0.2, 0.25) is 0 Å². The molecule has 1 unspecified atom stereocenters. The summed E-state index contributed by atoms with van der Waals surface area (Å²) in [6.07, 6.45) is 0. The van der Waals surface area contributed by atoms with Crippen LogP contribution in [0.25, 0.3) is 10.8 Å². The number of carbonyl (C=O) groups is 2. The van der Waals surface area contributed by atoms with E-state index in [-0.39, 0.29) is 6.61 Å². The van der Waals surface area contributed by atoms with Gasteiger partial charge in [0.2, 0.25) is 0 Å². The molecule has 2 rings (SSSR count). The van der Waals surface area contributed by atoms with Crippen LogP contribution in [0.4, 0.5) is 0 Å². The summed E-state index contributed by atoms with van der Waals surface area (Å²) >= 11 is 0. The lowest BCUT2D eigenvalue weighted by Crippen LogP contribution is -2.45. The quantitative estimate of drug-likeness (QED) is 0.683. The first-order chi connectivity index (χ1) is 10.7. The maximum atomic E-state index is 10.8. The zero-order valence-electron chi connectivity index (χ0n) is 13.1. The van der Waals surface area contributed by atoms with Crippen LogP contribution in [0.3, 0.4) is 0 Å². The molecule has 0 spiro atoms. The Labute approximate surface area is 134 Å². The lowest BCUT2D eigenvalue weighted by atomic mass is 9.86. The van der Waals surface area contributed by atoms with E-state index in [0.717, 1.165) is 10.8 Å². The first kappa shape index (κ1) is 18.6. The molecule has 0 aliphatic rings. The Bertz CT molecular complexity index is 691. The number of aliphatic carboxylic acids is 1. The molecule has 23 heavy (non-hydrogen) atoms. The van der Waals surface area contributed by atoms with E-state index in [4.69, 9.17) is 21.1 Å². The van der Waals surface area contributed by atoms with Gasteiger partial charge in [-0.25, -0.2) is 4.79 Å². The highest BCUT2D eigenvalue weighted by Gasteiger charge is 2.30. The van der Waals surface area contributed by atoms with Crippen molar-refractivity contribution in [3.63, 3.8) is 0 Å². The summed E-state index contributed by atoms with van der Waals surface area (Å²) in [5, 5.41) is 27.7. The van der Waals surface area contributed by atoms with Crippen LogP contribution in [0, 0.1) is 5.41 Å². The molecule has 1 atom stereocenters. The third kappa shape index (κ3) is 4.77. The van der Waals surface area contributed by atoms with Gasteiger partial charge >= 0.3 is 11.9 Å². The van der Waals surface area contributed by atoms with Gasteiger partial charge in [-0.15, -0.1) is 0 Å². The van der Waals surface area contributed by atoms with Crippen LogP contribution in [0.1, 0.15) is 24.2 Å². The zero-order chi connectivity index (χ0) is 17.6. The summed E-state index contributed by atoms with van der Waals surface area (Å²) in [6, 6.07) is 11.7. The first-order valence-electron chi connectivity index (χ1n) is 7.01. The Hall–Kier alpha value is -2.44. The maximum absolute atomic E-state index is 10.8. The Balaban J connectivity index is 0.000000241. The normalized spacial score (nSPS) is 12.2. The predicted octanol–water partition coefficient (Wildman–Crippen LogP) is 1.95. The van der Waals surface area contributed by atoms with Gasteiger partial charge in [0.25, 0.3) is 0 Å². The molecular formula is C17H21NO5. The van der Waals surface area contributed by atoms with Gasteiger partial charge in [-0.05, 0) is 16.8 Å². The van der Waals surface area contributed by atoms with Gasteiger partial charge < -0.3 is 21.1 Å². The van der Waals surface area contributed by atoms with Crippen molar-refractivity contribution in [2.45, 2.75) is 19.9 Å². The van der Waals surface area contributed by atoms with Crippen LogP contribution in [0.15, 0.2) is 42.5 Å². The number of fused-ring (bicyclic) bond motifs is 1. The van der Waals surface area contributed by atoms with Gasteiger partial charge in [-0.3, -0.25) is 4.79 Å². The lowest BCUT2D eigenvalue weighted by Gasteiger charge is -2.25. The van der Waals surface area contributed by atoms with Crippen molar-refractivity contribution in [2.24, 2.45) is 11.1 Å². The average Bonchev–Trinajstić information content (AvgIpc) is 2.53. The molecule has 0 saturated heterocycles. The van der Waals surface area contributed by atoms with Crippen molar-refractivity contribution in [2.75, 3.05) is 6.61 Å². The van der Waals surface area contributed by atoms with Gasteiger partial charge in [0, 0.05) is 5.41 Å². The second-order valence-corrected chi connectivity index (χ2v) is 5.79. The number of hydrogen-bond acceptors (Lipinski definition) is 4. The van der Waals surface area contributed by atoms with Crippen LogP contribution in [0.5, 0.6) is 0 Å². The number of hydrogen-bond donors (Lipinski definition) is 4. The third-order valence-electron chi connectivity index (χ3n) is 3.54. The number of carboxylic acid groups (broad SMARTS) is 2. The minimum Gasteiger partial charge on any atom is -0.480 e. The number of carboxylic acids is 2. The molecule has 0 aromatic heterocycles. The lowest BCUT2D eigenvalue weighted by molar-refractivity contribution is -0.142. The van der Waals surface area contributed by atoms with E-state index < -0.39 is 23.4 Å². The van der Waals surface area contributed by atoms with Crippen molar-refractivity contribution < 1.29 is 24.9 Å². The molecule has 0 aliphatic carbocycles. The van der Waals surface area contributed by atoms with Crippen LogP contribution >= 0.6 is 0 Å². The second kappa shape index (κ2) is 7.71. The van der Waals surface area contributed by atoms with E-state index in [1.165, 1.54) is 0 Å². The number of aromatic carboxylic acids is 1. The third-order valence-corrected chi connectivity index (χ3v) is 3.54. The largest absolute Gasteiger partial charge is 0.480 e. The first-order valence-corrected chi connectivity index (χ1v) is 7.01. The fourth-order valence-electron chi connectivity index (χ4n) is 1.84. The molecule has 6 heteroatoms. The Morgan fingerprint density at radius 3 is 2.13 bits per heavy atom. The highest BCUT2D eigenvalue weighted by atomic mass is 16.4. The van der Waals surface area contributed by atoms with Gasteiger partial charge in [0.05, 0.1) is 12.2 Å². The summed E-state index contributed by atoms with van der Waals surface area (Å²) in [5.41, 5.74) is 4.86. The smallest absolute Gasteiger partial charge is 0.336 e. The zero-order valence-corrected chi connectivity index (χ0v) is 13.1. The Morgan fingerprint density at radius 1 is 1.09 bits per heavy atom. The minimum absolute atomic E-state index is 0.222. The number of rotatable bonds is 4. The number of nitrogens with two attached hydrogens (primary N) is 1. The molecule has 0 fully saturated rings. The van der Waals surface area contributed by atoms with Gasteiger partial charge in [-0.2, -0.15) is 0 Å². The Morgan fingerprint density at radius 2 is 1.65 bits per heavy atom. The molecule has 0 saturated carbocycles. The predicted molar refractivity (Wildman–Crippen MR) is 87.4 cm³/mol. The SMILES string of the molecule is CC(C)(CO)C(N)C(=O)O.O=C(O)c1cccc2ccccc12. The summed E-state index contributed by atoms with van der Waals surface area (Å²) in [7, 11) is 0. The summed E-state index contributed by atoms with van der Waals surface area (Å²) < 4.78 is 0. The molecule has 0 radical (unpaired) electrons. The number of benzene rings is 2. The summed E-state index contributed by atoms with van der Waals surface area (Å²) in [6.45, 7) is 2.98. The average molecular weight is 319 g/mol. The van der Waals surface area contributed by atoms with E-state index in [1.54, 1.807) is 26.0 Å². The second-order valence-electron chi connectivity index (χ2n) is 5.79. The summed E-state index contributed by atoms with van der Waals surface area (Å²) in [5.74, 6) is -1.96. The highest BCUT2D eigenvalue weighted by molar-refractivity contribution is 6.03. The number of aliphatic hydroxyl groups is 1. The maximum Gasteiger partial charge on any atom is 0.336 e. The van der Waals surface area contributed by atoms with Crippen molar-refractivity contribution in [3.05, 3.63) is 48.0 Å². The fourth-order valence-corrected chi connectivity index (χ4v) is 1.84. The standard InChI is InChI=1S/C11H8O2.C6H13NO3/c12-11(13)10-7-3-5-8-4-1-2-6-9(8)10;1-6(2,3-8)4(7)5(9)10/h1-7H,(H,12,13);4,8H,3,7H2,1-2H3,(H,9,10). The minimum atomic E-state index is -1.08.